The lowest BCUT2D eigenvalue weighted by atomic mass is 10.0. The van der Waals surface area contributed by atoms with E-state index < -0.39 is 15.7 Å². The number of anilines is 1. The maximum atomic E-state index is 13.8. The fraction of sp³-hybridized carbons (Fsp3) is 0.167. The fourth-order valence-electron chi connectivity index (χ4n) is 3.76. The summed E-state index contributed by atoms with van der Waals surface area (Å²) in [5.74, 6) is -0.658. The second kappa shape index (κ2) is 8.67. The van der Waals surface area contributed by atoms with Gasteiger partial charge in [-0.05, 0) is 54.1 Å². The third-order valence-electron chi connectivity index (χ3n) is 5.40. The van der Waals surface area contributed by atoms with E-state index in [0.717, 1.165) is 40.2 Å². The van der Waals surface area contributed by atoms with Crippen molar-refractivity contribution in [2.75, 3.05) is 18.6 Å². The second-order valence-corrected chi connectivity index (χ2v) is 9.72. The molecule has 1 heterocycles. The Morgan fingerprint density at radius 3 is 2.45 bits per heavy atom. The summed E-state index contributed by atoms with van der Waals surface area (Å²) in [6.07, 6.45) is 1.10. The average molecular weight is 467 g/mol. The Morgan fingerprint density at radius 2 is 1.79 bits per heavy atom. The van der Waals surface area contributed by atoms with Gasteiger partial charge in [0.2, 0.25) is 0 Å². The van der Waals surface area contributed by atoms with Crippen LogP contribution in [0.15, 0.2) is 65.6 Å². The van der Waals surface area contributed by atoms with Gasteiger partial charge in [-0.1, -0.05) is 12.1 Å². The van der Waals surface area contributed by atoms with E-state index in [0.29, 0.717) is 11.1 Å². The zero-order valence-corrected chi connectivity index (χ0v) is 19.2. The molecule has 0 saturated carbocycles. The van der Waals surface area contributed by atoms with Crippen LogP contribution in [0.5, 0.6) is 0 Å². The number of halogens is 1. The maximum Gasteiger partial charge on any atom is 0.251 e. The van der Waals surface area contributed by atoms with Crippen molar-refractivity contribution in [1.82, 2.24) is 15.1 Å². The number of carbonyl (C=O) groups excluding carboxylic acids is 1. The van der Waals surface area contributed by atoms with Crippen LogP contribution in [-0.2, 0) is 23.4 Å². The molecule has 0 saturated heterocycles. The van der Waals surface area contributed by atoms with Gasteiger partial charge in [0.25, 0.3) is 5.91 Å². The number of fused-ring (bicyclic) bond motifs is 1. The van der Waals surface area contributed by atoms with Crippen molar-refractivity contribution in [3.63, 3.8) is 0 Å². The van der Waals surface area contributed by atoms with Crippen molar-refractivity contribution >= 4 is 32.3 Å². The summed E-state index contributed by atoms with van der Waals surface area (Å²) >= 11 is 0. The molecule has 0 aliphatic heterocycles. The summed E-state index contributed by atoms with van der Waals surface area (Å²) in [7, 11) is -0.0556. The number of aryl methyl sites for hydroxylation is 1. The summed E-state index contributed by atoms with van der Waals surface area (Å²) in [6, 6.07) is 16.5. The zero-order valence-electron chi connectivity index (χ0n) is 18.4. The minimum atomic E-state index is -3.49. The van der Waals surface area contributed by atoms with Gasteiger partial charge < -0.3 is 10.6 Å². The number of nitrogens with zero attached hydrogens (tertiary/aromatic N) is 2. The number of rotatable bonds is 6. The Hall–Kier alpha value is -3.72. The number of nitrogens with one attached hydrogen (secondary N) is 2. The van der Waals surface area contributed by atoms with Crippen LogP contribution < -0.4 is 10.6 Å². The third-order valence-corrected chi connectivity index (χ3v) is 6.60. The molecule has 3 aromatic carbocycles. The highest BCUT2D eigenvalue weighted by molar-refractivity contribution is 7.90. The number of hydrogen-bond donors (Lipinski definition) is 2. The van der Waals surface area contributed by atoms with Crippen LogP contribution in [0.25, 0.3) is 22.2 Å². The second-order valence-electron chi connectivity index (χ2n) is 7.74. The first-order valence-corrected chi connectivity index (χ1v) is 12.1. The van der Waals surface area contributed by atoms with Crippen LogP contribution in [0.4, 0.5) is 10.1 Å². The lowest BCUT2D eigenvalue weighted by molar-refractivity contribution is 0.0963. The normalized spacial score (nSPS) is 11.5. The molecule has 0 unspecified atom stereocenters. The lowest BCUT2D eigenvalue weighted by Gasteiger charge is -2.11. The van der Waals surface area contributed by atoms with Gasteiger partial charge in [-0.15, -0.1) is 0 Å². The molecule has 0 fully saturated rings. The minimum absolute atomic E-state index is 0.0933. The molecule has 0 aliphatic rings. The number of amides is 1. The monoisotopic (exact) mass is 466 g/mol. The number of benzene rings is 3. The van der Waals surface area contributed by atoms with E-state index in [1.807, 2.05) is 37.4 Å². The molecule has 4 aromatic rings. The predicted octanol–water partition coefficient (Wildman–Crippen LogP) is 3.75. The van der Waals surface area contributed by atoms with E-state index in [9.17, 15) is 17.6 Å². The Kier molecular flexibility index (Phi) is 5.90. The summed E-state index contributed by atoms with van der Waals surface area (Å²) in [6.45, 7) is 0.141. The van der Waals surface area contributed by atoms with Gasteiger partial charge in [0.05, 0.1) is 10.4 Å². The highest BCUT2D eigenvalue weighted by atomic mass is 32.2. The van der Waals surface area contributed by atoms with Crippen molar-refractivity contribution in [3.8, 4) is 11.3 Å². The highest BCUT2D eigenvalue weighted by Gasteiger charge is 2.15. The topological polar surface area (TPSA) is 93.1 Å². The Morgan fingerprint density at radius 1 is 1.06 bits per heavy atom. The van der Waals surface area contributed by atoms with E-state index in [-0.39, 0.29) is 17.3 Å². The van der Waals surface area contributed by atoms with Crippen molar-refractivity contribution in [2.45, 2.75) is 11.4 Å². The van der Waals surface area contributed by atoms with Gasteiger partial charge in [0.15, 0.2) is 9.84 Å². The Bertz CT molecular complexity index is 1460. The highest BCUT2D eigenvalue weighted by Crippen LogP contribution is 2.30. The number of sulfone groups is 1. The predicted molar refractivity (Wildman–Crippen MR) is 126 cm³/mol. The lowest BCUT2D eigenvalue weighted by Crippen LogP contribution is -2.17. The van der Waals surface area contributed by atoms with E-state index in [2.05, 4.69) is 15.7 Å². The summed E-state index contributed by atoms with van der Waals surface area (Å²) in [5.41, 5.74) is 4.17. The summed E-state index contributed by atoms with van der Waals surface area (Å²) in [4.78, 5) is 11.9. The first-order chi connectivity index (χ1) is 15.7. The summed E-state index contributed by atoms with van der Waals surface area (Å²) < 4.78 is 39.6. The standard InChI is InChI=1S/C24H23FN4O3S/c1-26-24(30)16-6-4-15(5-7-16)23-20-13-19(9-10-21(20)29(2)28-23)27-14-17-12-18(25)8-11-22(17)33(3,31)32/h4-13,27H,14H2,1-3H3,(H,26,30). The molecule has 33 heavy (non-hydrogen) atoms. The Labute approximate surface area is 191 Å². The zero-order chi connectivity index (χ0) is 23.8. The van der Waals surface area contributed by atoms with Crippen molar-refractivity contribution in [2.24, 2.45) is 7.05 Å². The van der Waals surface area contributed by atoms with Crippen LogP contribution in [0.1, 0.15) is 15.9 Å². The molecule has 4 rings (SSSR count). The first kappa shape index (κ1) is 22.5. The molecule has 170 valence electrons. The van der Waals surface area contributed by atoms with E-state index in [4.69, 9.17) is 0 Å². The molecule has 1 amide bonds. The molecule has 7 nitrogen and oxygen atoms in total. The van der Waals surface area contributed by atoms with Crippen LogP contribution in [0.3, 0.4) is 0 Å². The number of aromatic nitrogens is 2. The van der Waals surface area contributed by atoms with Crippen LogP contribution in [0.2, 0.25) is 0 Å². The average Bonchev–Trinajstić information content (AvgIpc) is 3.12. The third kappa shape index (κ3) is 4.58. The minimum Gasteiger partial charge on any atom is -0.381 e. The molecular weight excluding hydrogens is 443 g/mol. The smallest absolute Gasteiger partial charge is 0.251 e. The van der Waals surface area contributed by atoms with Crippen molar-refractivity contribution < 1.29 is 17.6 Å². The van der Waals surface area contributed by atoms with Crippen LogP contribution in [0, 0.1) is 5.82 Å². The molecule has 1 aromatic heterocycles. The molecule has 0 bridgehead atoms. The fourth-order valence-corrected chi connectivity index (χ4v) is 4.68. The van der Waals surface area contributed by atoms with E-state index in [1.165, 1.54) is 12.1 Å². The van der Waals surface area contributed by atoms with E-state index >= 15 is 0 Å². The SMILES string of the molecule is CNC(=O)c1ccc(-c2nn(C)c3ccc(NCc4cc(F)ccc4S(C)(=O)=O)cc23)cc1. The van der Waals surface area contributed by atoms with Gasteiger partial charge in [-0.2, -0.15) is 5.10 Å². The van der Waals surface area contributed by atoms with Crippen molar-refractivity contribution in [3.05, 3.63) is 77.6 Å². The quantitative estimate of drug-likeness (QED) is 0.422. The molecule has 2 N–H and O–H groups in total. The van der Waals surface area contributed by atoms with Crippen molar-refractivity contribution in [1.29, 1.82) is 0 Å². The summed E-state index contributed by atoms with van der Waals surface area (Å²) in [5, 5.41) is 11.3. The van der Waals surface area contributed by atoms with E-state index in [1.54, 1.807) is 23.9 Å². The number of carbonyl (C=O) groups is 1. The number of hydrogen-bond acceptors (Lipinski definition) is 5. The maximum absolute atomic E-state index is 13.8. The van der Waals surface area contributed by atoms with Gasteiger partial charge in [-0.25, -0.2) is 12.8 Å². The van der Waals surface area contributed by atoms with Gasteiger partial charge >= 0.3 is 0 Å². The molecular formula is C24H23FN4O3S. The largest absolute Gasteiger partial charge is 0.381 e. The van der Waals surface area contributed by atoms with Crippen LogP contribution >= 0.6 is 0 Å². The Balaban J connectivity index is 1.67. The molecule has 0 radical (unpaired) electrons. The van der Waals surface area contributed by atoms with Crippen LogP contribution in [-0.4, -0.2) is 37.4 Å². The van der Waals surface area contributed by atoms with Gasteiger partial charge in [0.1, 0.15) is 11.5 Å². The van der Waals surface area contributed by atoms with Gasteiger partial charge in [-0.3, -0.25) is 9.48 Å². The molecule has 0 spiro atoms. The molecule has 9 heteroatoms. The molecule has 0 atom stereocenters. The van der Waals surface area contributed by atoms with Gasteiger partial charge in [0, 0.05) is 49.1 Å². The molecule has 0 aliphatic carbocycles. The first-order valence-electron chi connectivity index (χ1n) is 10.2.